The highest BCUT2D eigenvalue weighted by Gasteiger charge is 2.19. The molecular weight excluding hydrogens is 280 g/mol. The number of hydrogen-bond donors (Lipinski definition) is 2. The fraction of sp³-hybridized carbons (Fsp3) is 0.333. The van der Waals surface area contributed by atoms with E-state index in [0.717, 1.165) is 17.7 Å². The van der Waals surface area contributed by atoms with Gasteiger partial charge in [0, 0.05) is 0 Å². The van der Waals surface area contributed by atoms with Crippen LogP contribution in [0.3, 0.4) is 0 Å². The second-order valence-corrected chi connectivity index (χ2v) is 4.90. The summed E-state index contributed by atoms with van der Waals surface area (Å²) >= 11 is 0. The second-order valence-electron chi connectivity index (χ2n) is 4.90. The number of allylic oxidation sites excluding steroid dienone is 1. The van der Waals surface area contributed by atoms with Gasteiger partial charge in [0.1, 0.15) is 6.04 Å². The molecule has 4 nitrogen and oxygen atoms in total. The summed E-state index contributed by atoms with van der Waals surface area (Å²) in [6, 6.07) is 2.08. The SMILES string of the molecule is CC(C)=CC[C@@H](NC(=O)Cc1ccc(F)c(F)c1)C(=O)O. The fourth-order valence-electron chi connectivity index (χ4n) is 1.66. The number of benzene rings is 1. The van der Waals surface area contributed by atoms with E-state index < -0.39 is 29.6 Å². The average molecular weight is 297 g/mol. The van der Waals surface area contributed by atoms with Crippen molar-refractivity contribution in [3.63, 3.8) is 0 Å². The minimum atomic E-state index is -1.15. The first kappa shape index (κ1) is 16.8. The first-order valence-electron chi connectivity index (χ1n) is 6.39. The molecule has 0 bridgehead atoms. The molecule has 21 heavy (non-hydrogen) atoms. The molecule has 1 rings (SSSR count). The third-order valence-corrected chi connectivity index (χ3v) is 2.74. The van der Waals surface area contributed by atoms with E-state index in [0.29, 0.717) is 0 Å². The Hall–Kier alpha value is -2.24. The van der Waals surface area contributed by atoms with Crippen LogP contribution in [-0.2, 0) is 16.0 Å². The number of aliphatic carboxylic acids is 1. The lowest BCUT2D eigenvalue weighted by Crippen LogP contribution is -2.41. The molecule has 0 unspecified atom stereocenters. The molecule has 2 N–H and O–H groups in total. The Bertz CT molecular complexity index is 566. The van der Waals surface area contributed by atoms with Gasteiger partial charge in [-0.15, -0.1) is 0 Å². The zero-order valence-electron chi connectivity index (χ0n) is 11.8. The smallest absolute Gasteiger partial charge is 0.326 e. The molecule has 114 valence electrons. The summed E-state index contributed by atoms with van der Waals surface area (Å²) in [5, 5.41) is 11.4. The van der Waals surface area contributed by atoms with E-state index in [-0.39, 0.29) is 18.4 Å². The Labute approximate surface area is 121 Å². The van der Waals surface area contributed by atoms with Gasteiger partial charge in [0.25, 0.3) is 0 Å². The van der Waals surface area contributed by atoms with Gasteiger partial charge in [0.05, 0.1) is 6.42 Å². The normalized spacial score (nSPS) is 11.6. The van der Waals surface area contributed by atoms with Crippen molar-refractivity contribution >= 4 is 11.9 Å². The summed E-state index contributed by atoms with van der Waals surface area (Å²) in [7, 11) is 0. The van der Waals surface area contributed by atoms with Gasteiger partial charge in [-0.1, -0.05) is 17.7 Å². The van der Waals surface area contributed by atoms with Crippen molar-refractivity contribution in [3.05, 3.63) is 47.0 Å². The summed E-state index contributed by atoms with van der Waals surface area (Å²) < 4.78 is 25.8. The predicted octanol–water partition coefficient (Wildman–Crippen LogP) is 2.43. The molecule has 0 heterocycles. The van der Waals surface area contributed by atoms with Crippen molar-refractivity contribution in [2.45, 2.75) is 32.7 Å². The van der Waals surface area contributed by atoms with Crippen LogP contribution in [0.5, 0.6) is 0 Å². The first-order valence-corrected chi connectivity index (χ1v) is 6.39. The first-order chi connectivity index (χ1) is 9.79. The Balaban J connectivity index is 2.67. The van der Waals surface area contributed by atoms with Crippen LogP contribution in [0.4, 0.5) is 8.78 Å². The third-order valence-electron chi connectivity index (χ3n) is 2.74. The highest BCUT2D eigenvalue weighted by atomic mass is 19.2. The molecule has 0 radical (unpaired) electrons. The minimum absolute atomic E-state index is 0.168. The van der Waals surface area contributed by atoms with E-state index in [1.54, 1.807) is 6.08 Å². The summed E-state index contributed by atoms with van der Waals surface area (Å²) in [6.07, 6.45) is 1.66. The standard InChI is InChI=1S/C15H17F2NO3/c1-9(2)3-6-13(15(20)21)18-14(19)8-10-4-5-11(16)12(17)7-10/h3-5,7,13H,6,8H2,1-2H3,(H,18,19)(H,20,21)/t13-/m1/s1. The molecule has 0 aromatic heterocycles. The van der Waals surface area contributed by atoms with Crippen molar-refractivity contribution in [2.75, 3.05) is 0 Å². The lowest BCUT2D eigenvalue weighted by atomic mass is 10.1. The van der Waals surface area contributed by atoms with Crippen LogP contribution in [0, 0.1) is 11.6 Å². The average Bonchev–Trinajstić information content (AvgIpc) is 2.38. The van der Waals surface area contributed by atoms with E-state index in [2.05, 4.69) is 5.32 Å². The highest BCUT2D eigenvalue weighted by Crippen LogP contribution is 2.09. The van der Waals surface area contributed by atoms with E-state index in [9.17, 15) is 18.4 Å². The molecule has 6 heteroatoms. The lowest BCUT2D eigenvalue weighted by Gasteiger charge is -2.13. The Morgan fingerprint density at radius 2 is 1.95 bits per heavy atom. The topological polar surface area (TPSA) is 66.4 Å². The minimum Gasteiger partial charge on any atom is -0.480 e. The van der Waals surface area contributed by atoms with Gasteiger partial charge >= 0.3 is 5.97 Å². The Morgan fingerprint density at radius 1 is 1.29 bits per heavy atom. The molecular formula is C15H17F2NO3. The molecule has 0 aliphatic carbocycles. The van der Waals surface area contributed by atoms with Crippen molar-refractivity contribution in [1.29, 1.82) is 0 Å². The number of amides is 1. The Kier molecular flexibility index (Phi) is 6.02. The molecule has 0 aliphatic rings. The zero-order chi connectivity index (χ0) is 16.0. The summed E-state index contributed by atoms with van der Waals surface area (Å²) in [6.45, 7) is 3.64. The number of carboxylic acid groups (broad SMARTS) is 1. The summed E-state index contributed by atoms with van der Waals surface area (Å²) in [4.78, 5) is 22.8. The lowest BCUT2D eigenvalue weighted by molar-refractivity contribution is -0.141. The van der Waals surface area contributed by atoms with E-state index in [4.69, 9.17) is 5.11 Å². The quantitative estimate of drug-likeness (QED) is 0.793. The molecule has 0 fully saturated rings. The maximum Gasteiger partial charge on any atom is 0.326 e. The fourth-order valence-corrected chi connectivity index (χ4v) is 1.66. The van der Waals surface area contributed by atoms with Crippen LogP contribution in [-0.4, -0.2) is 23.0 Å². The molecule has 0 saturated heterocycles. The van der Waals surface area contributed by atoms with Crippen LogP contribution in [0.25, 0.3) is 0 Å². The number of carboxylic acids is 1. The highest BCUT2D eigenvalue weighted by molar-refractivity contribution is 5.84. The van der Waals surface area contributed by atoms with Crippen molar-refractivity contribution in [3.8, 4) is 0 Å². The van der Waals surface area contributed by atoms with Gasteiger partial charge in [0.15, 0.2) is 11.6 Å². The molecule has 0 saturated carbocycles. The third kappa shape index (κ3) is 5.72. The molecule has 1 amide bonds. The van der Waals surface area contributed by atoms with Crippen LogP contribution >= 0.6 is 0 Å². The van der Waals surface area contributed by atoms with Gasteiger partial charge in [0.2, 0.25) is 5.91 Å². The van der Waals surface area contributed by atoms with Crippen LogP contribution in [0.1, 0.15) is 25.8 Å². The molecule has 0 spiro atoms. The summed E-state index contributed by atoms with van der Waals surface area (Å²) in [5.41, 5.74) is 1.22. The van der Waals surface area contributed by atoms with Crippen LogP contribution in [0.15, 0.2) is 29.8 Å². The predicted molar refractivity (Wildman–Crippen MR) is 73.7 cm³/mol. The van der Waals surface area contributed by atoms with Gasteiger partial charge in [-0.25, -0.2) is 13.6 Å². The monoisotopic (exact) mass is 297 g/mol. The number of carbonyl (C=O) groups excluding carboxylic acids is 1. The maximum atomic E-state index is 13.0. The van der Waals surface area contributed by atoms with Crippen LogP contribution in [0.2, 0.25) is 0 Å². The van der Waals surface area contributed by atoms with E-state index in [1.165, 1.54) is 6.07 Å². The van der Waals surface area contributed by atoms with Crippen molar-refractivity contribution in [2.24, 2.45) is 0 Å². The van der Waals surface area contributed by atoms with E-state index >= 15 is 0 Å². The van der Waals surface area contributed by atoms with Gasteiger partial charge in [-0.3, -0.25) is 4.79 Å². The van der Waals surface area contributed by atoms with Gasteiger partial charge < -0.3 is 10.4 Å². The van der Waals surface area contributed by atoms with Crippen molar-refractivity contribution < 1.29 is 23.5 Å². The molecule has 1 atom stereocenters. The van der Waals surface area contributed by atoms with Crippen molar-refractivity contribution in [1.82, 2.24) is 5.32 Å². The van der Waals surface area contributed by atoms with E-state index in [1.807, 2.05) is 13.8 Å². The van der Waals surface area contributed by atoms with Crippen LogP contribution < -0.4 is 5.32 Å². The number of nitrogens with one attached hydrogen (secondary N) is 1. The largest absolute Gasteiger partial charge is 0.480 e. The zero-order valence-corrected chi connectivity index (χ0v) is 11.8. The number of hydrogen-bond acceptors (Lipinski definition) is 2. The number of carbonyl (C=O) groups is 2. The van der Waals surface area contributed by atoms with Gasteiger partial charge in [-0.05, 0) is 38.0 Å². The molecule has 1 aromatic rings. The van der Waals surface area contributed by atoms with Gasteiger partial charge in [-0.2, -0.15) is 0 Å². The number of halogens is 2. The molecule has 1 aromatic carbocycles. The molecule has 0 aliphatic heterocycles. The maximum absolute atomic E-state index is 13.0. The summed E-state index contributed by atoms with van der Waals surface area (Å²) in [5.74, 6) is -3.74. The number of rotatable bonds is 6. The Morgan fingerprint density at radius 3 is 2.48 bits per heavy atom. The second kappa shape index (κ2) is 7.52.